The molecule has 0 radical (unpaired) electrons. The zero-order chi connectivity index (χ0) is 31.3. The monoisotopic (exact) mass is 542 g/mol. The molecule has 1 aliphatic carbocycles. The average molecular weight is 543 g/mol. The molecule has 0 heteroatoms. The van der Waals surface area contributed by atoms with Crippen LogP contribution in [-0.4, -0.2) is 0 Å². The van der Waals surface area contributed by atoms with Crippen molar-refractivity contribution < 1.29 is 0 Å². The second-order valence-electron chi connectivity index (χ2n) is 7.44. The van der Waals surface area contributed by atoms with Gasteiger partial charge in [-0.05, 0) is 33.4 Å². The van der Waals surface area contributed by atoms with E-state index in [1.807, 2.05) is 83.1 Å². The lowest BCUT2D eigenvalue weighted by atomic mass is 9.93. The first kappa shape index (κ1) is 41.4. The third-order valence-electron chi connectivity index (χ3n) is 5.74. The van der Waals surface area contributed by atoms with Gasteiger partial charge in [-0.25, -0.2) is 0 Å². The molecule has 0 heterocycles. The second-order valence-corrected chi connectivity index (χ2v) is 7.44. The van der Waals surface area contributed by atoms with Gasteiger partial charge in [0, 0.05) is 11.8 Å². The van der Waals surface area contributed by atoms with Crippen LogP contribution in [0.5, 0.6) is 0 Å². The molecule has 0 aromatic heterocycles. The first-order valence-corrected chi connectivity index (χ1v) is 16.0. The smallest absolute Gasteiger partial charge is 0.00733 e. The van der Waals surface area contributed by atoms with Crippen LogP contribution in [0.1, 0.15) is 131 Å². The summed E-state index contributed by atoms with van der Waals surface area (Å²) in [5, 5.41) is 0. The molecule has 0 saturated carbocycles. The van der Waals surface area contributed by atoms with Gasteiger partial charge in [-0.15, -0.1) is 0 Å². The van der Waals surface area contributed by atoms with E-state index >= 15 is 0 Å². The van der Waals surface area contributed by atoms with Gasteiger partial charge in [-0.2, -0.15) is 0 Å². The fourth-order valence-electron chi connectivity index (χ4n) is 4.08. The summed E-state index contributed by atoms with van der Waals surface area (Å²) in [6.45, 7) is 28.5. The topological polar surface area (TPSA) is 0 Å². The Kier molecular flexibility index (Phi) is 29.9. The van der Waals surface area contributed by atoms with Crippen LogP contribution in [0.15, 0.2) is 109 Å². The zero-order valence-electron chi connectivity index (χ0n) is 28.5. The number of rotatable bonds is 2. The standard InChI is InChI=1S/C14H12.C14H14.6C2H6/c1-10-11-6-2-4-8-13(11)14-9-5-3-7-12(10)14;1-12(13-8-4-2-5-9-13)14-10-6-3-7-11-14;6*1-2/h2-10H,1H3;2-12H,1H3;6*1-2H3. The van der Waals surface area contributed by atoms with Gasteiger partial charge < -0.3 is 0 Å². The molecule has 1 aliphatic rings. The van der Waals surface area contributed by atoms with E-state index in [1.165, 1.54) is 33.4 Å². The summed E-state index contributed by atoms with van der Waals surface area (Å²) in [7, 11) is 0. The Balaban J connectivity index is -0.000000500. The van der Waals surface area contributed by atoms with Crippen molar-refractivity contribution in [2.45, 2.75) is 109 Å². The van der Waals surface area contributed by atoms with Crippen molar-refractivity contribution in [2.75, 3.05) is 0 Å². The summed E-state index contributed by atoms with van der Waals surface area (Å²) in [5.41, 5.74) is 8.51. The van der Waals surface area contributed by atoms with E-state index in [1.54, 1.807) is 0 Å². The Bertz CT molecular complexity index is 947. The van der Waals surface area contributed by atoms with Crippen molar-refractivity contribution >= 4 is 0 Å². The Morgan fingerprint density at radius 1 is 0.375 bits per heavy atom. The summed E-state index contributed by atoms with van der Waals surface area (Å²) in [6.07, 6.45) is 0. The first-order valence-electron chi connectivity index (χ1n) is 16.0. The quantitative estimate of drug-likeness (QED) is 0.236. The lowest BCUT2D eigenvalue weighted by Gasteiger charge is -2.11. The highest BCUT2D eigenvalue weighted by molar-refractivity contribution is 5.78. The van der Waals surface area contributed by atoms with Crippen molar-refractivity contribution in [1.82, 2.24) is 0 Å². The van der Waals surface area contributed by atoms with Gasteiger partial charge in [0.15, 0.2) is 0 Å². The molecule has 4 aromatic rings. The molecule has 0 bridgehead atoms. The highest BCUT2D eigenvalue weighted by atomic mass is 14.3. The van der Waals surface area contributed by atoms with Gasteiger partial charge in [-0.1, -0.05) is 206 Å². The van der Waals surface area contributed by atoms with E-state index < -0.39 is 0 Å². The van der Waals surface area contributed by atoms with Gasteiger partial charge in [-0.3, -0.25) is 0 Å². The molecule has 222 valence electrons. The molecule has 0 aliphatic heterocycles. The average Bonchev–Trinajstić information content (AvgIpc) is 3.39. The van der Waals surface area contributed by atoms with E-state index in [9.17, 15) is 0 Å². The molecule has 0 fully saturated rings. The van der Waals surface area contributed by atoms with Gasteiger partial charge in [0.25, 0.3) is 0 Å². The van der Waals surface area contributed by atoms with E-state index in [-0.39, 0.29) is 0 Å². The van der Waals surface area contributed by atoms with E-state index in [4.69, 9.17) is 0 Å². The largest absolute Gasteiger partial charge is 0.0683 e. The normalized spacial score (nSPS) is 9.38. The minimum atomic E-state index is 0.484. The first-order chi connectivity index (χ1) is 19.8. The molecule has 0 N–H and O–H groups in total. The van der Waals surface area contributed by atoms with E-state index in [2.05, 4.69) is 123 Å². The Hall–Kier alpha value is -3.12. The predicted molar refractivity (Wildman–Crippen MR) is 188 cm³/mol. The third kappa shape index (κ3) is 13.3. The molecule has 4 aromatic carbocycles. The van der Waals surface area contributed by atoms with Crippen LogP contribution in [0.3, 0.4) is 0 Å². The van der Waals surface area contributed by atoms with Crippen LogP contribution in [-0.2, 0) is 0 Å². The second kappa shape index (κ2) is 28.9. The van der Waals surface area contributed by atoms with Crippen molar-refractivity contribution in [1.29, 1.82) is 0 Å². The van der Waals surface area contributed by atoms with Crippen LogP contribution in [0.2, 0.25) is 0 Å². The SMILES string of the molecule is CC.CC.CC.CC.CC.CC.CC(c1ccccc1)c1ccccc1.CC1c2ccccc2-c2ccccc21. The van der Waals surface area contributed by atoms with Crippen LogP contribution >= 0.6 is 0 Å². The maximum Gasteiger partial charge on any atom is 0.00733 e. The lowest BCUT2D eigenvalue weighted by molar-refractivity contribution is 0.922. The number of fused-ring (bicyclic) bond motifs is 3. The van der Waals surface area contributed by atoms with Crippen molar-refractivity contribution in [2.24, 2.45) is 0 Å². The molecule has 0 atom stereocenters. The summed E-state index contributed by atoms with van der Waals surface area (Å²) >= 11 is 0. The summed E-state index contributed by atoms with van der Waals surface area (Å²) in [6, 6.07) is 38.6. The fraction of sp³-hybridized carbons (Fsp3) is 0.400. The Morgan fingerprint density at radius 3 is 0.925 bits per heavy atom. The van der Waals surface area contributed by atoms with Crippen LogP contribution in [0.4, 0.5) is 0 Å². The Labute approximate surface area is 250 Å². The summed E-state index contributed by atoms with van der Waals surface area (Å²) in [5.74, 6) is 1.04. The maximum atomic E-state index is 2.28. The predicted octanol–water partition coefficient (Wildman–Crippen LogP) is 13.8. The van der Waals surface area contributed by atoms with E-state index in [0.717, 1.165) is 0 Å². The molecule has 0 saturated heterocycles. The third-order valence-corrected chi connectivity index (χ3v) is 5.74. The molecular weight excluding hydrogens is 480 g/mol. The van der Waals surface area contributed by atoms with Gasteiger partial charge in [0.05, 0.1) is 0 Å². The molecule has 0 spiro atoms. The maximum absolute atomic E-state index is 2.28. The van der Waals surface area contributed by atoms with Crippen molar-refractivity contribution in [3.8, 4) is 11.1 Å². The summed E-state index contributed by atoms with van der Waals surface area (Å²) < 4.78 is 0. The number of benzene rings is 4. The van der Waals surface area contributed by atoms with Crippen LogP contribution < -0.4 is 0 Å². The van der Waals surface area contributed by atoms with Crippen LogP contribution in [0.25, 0.3) is 11.1 Å². The minimum Gasteiger partial charge on any atom is -0.0683 e. The Morgan fingerprint density at radius 2 is 0.625 bits per heavy atom. The number of hydrogen-bond acceptors (Lipinski definition) is 0. The van der Waals surface area contributed by atoms with Gasteiger partial charge >= 0.3 is 0 Å². The molecular formula is C40H62. The lowest BCUT2D eigenvalue weighted by Crippen LogP contribution is -1.94. The fourth-order valence-corrected chi connectivity index (χ4v) is 4.08. The van der Waals surface area contributed by atoms with Gasteiger partial charge in [0.1, 0.15) is 0 Å². The zero-order valence-corrected chi connectivity index (χ0v) is 28.5. The molecule has 0 unspecified atom stereocenters. The number of hydrogen-bond donors (Lipinski definition) is 0. The molecule has 40 heavy (non-hydrogen) atoms. The highest BCUT2D eigenvalue weighted by Crippen LogP contribution is 2.43. The van der Waals surface area contributed by atoms with Crippen molar-refractivity contribution in [3.05, 3.63) is 131 Å². The molecule has 5 rings (SSSR count). The highest BCUT2D eigenvalue weighted by Gasteiger charge is 2.23. The minimum absolute atomic E-state index is 0.484. The van der Waals surface area contributed by atoms with Gasteiger partial charge in [0.2, 0.25) is 0 Å². The molecule has 0 amide bonds. The van der Waals surface area contributed by atoms with E-state index in [0.29, 0.717) is 11.8 Å². The van der Waals surface area contributed by atoms with Crippen LogP contribution in [0, 0.1) is 0 Å². The van der Waals surface area contributed by atoms with Crippen molar-refractivity contribution in [3.63, 3.8) is 0 Å². The summed E-state index contributed by atoms with van der Waals surface area (Å²) in [4.78, 5) is 0. The molecule has 0 nitrogen and oxygen atoms in total.